The van der Waals surface area contributed by atoms with Gasteiger partial charge in [0.2, 0.25) is 0 Å². The molecule has 0 bridgehead atoms. The van der Waals surface area contributed by atoms with Crippen molar-refractivity contribution in [3.63, 3.8) is 0 Å². The van der Waals surface area contributed by atoms with Crippen LogP contribution in [0.3, 0.4) is 0 Å². The molecule has 49 heavy (non-hydrogen) atoms. The van der Waals surface area contributed by atoms with E-state index < -0.39 is 47.7 Å². The molecule has 0 aromatic heterocycles. The second-order valence-corrected chi connectivity index (χ2v) is 16.7. The molecule has 0 radical (unpaired) electrons. The minimum atomic E-state index is -1.48. The lowest BCUT2D eigenvalue weighted by Crippen LogP contribution is -2.52. The van der Waals surface area contributed by atoms with E-state index in [-0.39, 0.29) is 48.7 Å². The zero-order chi connectivity index (χ0) is 36.7. The molecule has 0 aromatic rings. The first kappa shape index (κ1) is 41.4. The molecule has 282 valence electrons. The molecular formula is C38H66N2O9. The summed E-state index contributed by atoms with van der Waals surface area (Å²) in [6.45, 7) is 21.1. The fourth-order valence-electron chi connectivity index (χ4n) is 7.03. The highest BCUT2D eigenvalue weighted by Crippen LogP contribution is 2.38. The zero-order valence-electron chi connectivity index (χ0n) is 31.6. The SMILES string of the molecule is CCC(O)C(C)C1OC1CC(C)(O)CC/C=C(\C)C1OC(=O)CC(O)CCC(C)(O)C(OC(=O)N2CCN(CC(C)(C)C)CC2)/C=C/C1C. The maximum atomic E-state index is 13.3. The molecule has 3 aliphatic rings. The van der Waals surface area contributed by atoms with Crippen molar-refractivity contribution in [1.29, 1.82) is 0 Å². The largest absolute Gasteiger partial charge is 0.457 e. The summed E-state index contributed by atoms with van der Waals surface area (Å²) in [5, 5.41) is 43.4. The predicted octanol–water partition coefficient (Wildman–Crippen LogP) is 4.60. The number of aliphatic hydroxyl groups excluding tert-OH is 2. The Labute approximate surface area is 294 Å². The van der Waals surface area contributed by atoms with Gasteiger partial charge in [-0.15, -0.1) is 0 Å². The summed E-state index contributed by atoms with van der Waals surface area (Å²) in [6.07, 6.45) is 3.88. The van der Waals surface area contributed by atoms with Gasteiger partial charge in [0.25, 0.3) is 0 Å². The number of allylic oxidation sites excluding steroid dienone is 1. The highest BCUT2D eigenvalue weighted by Gasteiger charge is 2.47. The van der Waals surface area contributed by atoms with E-state index in [0.29, 0.717) is 38.8 Å². The summed E-state index contributed by atoms with van der Waals surface area (Å²) in [6, 6.07) is 0. The Morgan fingerprint density at radius 3 is 2.45 bits per heavy atom. The minimum absolute atomic E-state index is 0.0118. The first-order valence-corrected chi connectivity index (χ1v) is 18.4. The van der Waals surface area contributed by atoms with Crippen LogP contribution in [0.15, 0.2) is 23.8 Å². The predicted molar refractivity (Wildman–Crippen MR) is 189 cm³/mol. The molecule has 10 unspecified atom stereocenters. The van der Waals surface area contributed by atoms with Crippen LogP contribution in [0.1, 0.15) is 107 Å². The van der Waals surface area contributed by atoms with E-state index in [1.54, 1.807) is 24.8 Å². The number of carbonyl (C=O) groups excluding carboxylic acids is 2. The van der Waals surface area contributed by atoms with E-state index in [0.717, 1.165) is 25.2 Å². The van der Waals surface area contributed by atoms with Crippen LogP contribution in [0.25, 0.3) is 0 Å². The van der Waals surface area contributed by atoms with E-state index in [2.05, 4.69) is 25.7 Å². The summed E-state index contributed by atoms with van der Waals surface area (Å²) in [4.78, 5) is 30.2. The molecular weight excluding hydrogens is 628 g/mol. The van der Waals surface area contributed by atoms with E-state index >= 15 is 0 Å². The van der Waals surface area contributed by atoms with Crippen LogP contribution >= 0.6 is 0 Å². The molecule has 0 saturated carbocycles. The van der Waals surface area contributed by atoms with Crippen LogP contribution in [0.5, 0.6) is 0 Å². The lowest BCUT2D eigenvalue weighted by molar-refractivity contribution is -0.151. The van der Waals surface area contributed by atoms with Crippen molar-refractivity contribution in [3.05, 3.63) is 23.8 Å². The molecule has 10 atom stereocenters. The van der Waals surface area contributed by atoms with Crippen LogP contribution < -0.4 is 0 Å². The summed E-state index contributed by atoms with van der Waals surface area (Å²) in [5.74, 6) is -0.869. The molecule has 1 amide bonds. The third-order valence-corrected chi connectivity index (χ3v) is 10.3. The fraction of sp³-hybridized carbons (Fsp3) is 0.842. The van der Waals surface area contributed by atoms with Gasteiger partial charge in [-0.3, -0.25) is 9.69 Å². The Kier molecular flexibility index (Phi) is 14.8. The lowest BCUT2D eigenvalue weighted by atomic mass is 9.88. The van der Waals surface area contributed by atoms with Gasteiger partial charge in [0, 0.05) is 51.0 Å². The monoisotopic (exact) mass is 694 g/mol. The number of ether oxygens (including phenoxy) is 3. The number of epoxide rings is 1. The van der Waals surface area contributed by atoms with Gasteiger partial charge in [0.1, 0.15) is 11.7 Å². The molecule has 0 spiro atoms. The highest BCUT2D eigenvalue weighted by atomic mass is 16.6. The number of amides is 1. The van der Waals surface area contributed by atoms with Crippen molar-refractivity contribution in [1.82, 2.24) is 9.80 Å². The number of cyclic esters (lactones) is 1. The Hall–Kier alpha value is -2.02. The van der Waals surface area contributed by atoms with Crippen molar-refractivity contribution in [2.24, 2.45) is 17.3 Å². The number of aliphatic hydroxyl groups is 4. The average molecular weight is 695 g/mol. The third-order valence-electron chi connectivity index (χ3n) is 10.3. The van der Waals surface area contributed by atoms with Gasteiger partial charge < -0.3 is 39.5 Å². The zero-order valence-corrected chi connectivity index (χ0v) is 31.6. The molecule has 3 rings (SSSR count). The number of carbonyl (C=O) groups is 2. The van der Waals surface area contributed by atoms with Crippen molar-refractivity contribution in [2.75, 3.05) is 32.7 Å². The second kappa shape index (κ2) is 17.5. The van der Waals surface area contributed by atoms with Gasteiger partial charge in [-0.25, -0.2) is 4.79 Å². The van der Waals surface area contributed by atoms with Gasteiger partial charge in [-0.05, 0) is 69.9 Å². The Bertz CT molecular complexity index is 1140. The second-order valence-electron chi connectivity index (χ2n) is 16.7. The first-order chi connectivity index (χ1) is 22.7. The van der Waals surface area contributed by atoms with Crippen molar-refractivity contribution in [2.45, 2.75) is 155 Å². The van der Waals surface area contributed by atoms with Gasteiger partial charge in [-0.2, -0.15) is 0 Å². The quantitative estimate of drug-likeness (QED) is 0.137. The van der Waals surface area contributed by atoms with E-state index in [1.165, 1.54) is 0 Å². The van der Waals surface area contributed by atoms with E-state index in [1.807, 2.05) is 39.8 Å². The Morgan fingerprint density at radius 1 is 1.18 bits per heavy atom. The topological polar surface area (TPSA) is 153 Å². The number of hydrogen-bond donors (Lipinski definition) is 4. The number of esters is 1. The molecule has 3 heterocycles. The van der Waals surface area contributed by atoms with Crippen molar-refractivity contribution < 1.29 is 44.2 Å². The van der Waals surface area contributed by atoms with Crippen LogP contribution in [-0.2, 0) is 19.0 Å². The van der Waals surface area contributed by atoms with Crippen LogP contribution in [0.2, 0.25) is 0 Å². The number of piperazine rings is 1. The molecule has 2 saturated heterocycles. The molecule has 11 heteroatoms. The third kappa shape index (κ3) is 13.2. The molecule has 3 aliphatic heterocycles. The number of nitrogens with zero attached hydrogens (tertiary/aromatic N) is 2. The van der Waals surface area contributed by atoms with Gasteiger partial charge in [0.15, 0.2) is 6.10 Å². The fourth-order valence-corrected chi connectivity index (χ4v) is 7.03. The van der Waals surface area contributed by atoms with Gasteiger partial charge in [0.05, 0.1) is 36.4 Å². The highest BCUT2D eigenvalue weighted by molar-refractivity contribution is 5.70. The summed E-state index contributed by atoms with van der Waals surface area (Å²) < 4.78 is 17.6. The number of hydrogen-bond acceptors (Lipinski definition) is 10. The van der Waals surface area contributed by atoms with Crippen molar-refractivity contribution >= 4 is 12.1 Å². The molecule has 2 fully saturated rings. The summed E-state index contributed by atoms with van der Waals surface area (Å²) in [7, 11) is 0. The van der Waals surface area contributed by atoms with E-state index in [9.17, 15) is 30.0 Å². The summed E-state index contributed by atoms with van der Waals surface area (Å²) in [5.41, 5.74) is -1.50. The van der Waals surface area contributed by atoms with E-state index in [4.69, 9.17) is 14.2 Å². The Balaban J connectivity index is 1.68. The lowest BCUT2D eigenvalue weighted by Gasteiger charge is -2.39. The van der Waals surface area contributed by atoms with Crippen LogP contribution in [0, 0.1) is 17.3 Å². The smallest absolute Gasteiger partial charge is 0.410 e. The standard InChI is InChI=1S/C38H66N2O9/c1-10-29(42)27(4)34-30(47-34)23-37(8,45)16-11-12-25(2)33-26(3)13-14-31(38(9,46)17-15-28(41)22-32(43)49-33)48-35(44)40-20-18-39(19-21-40)24-36(5,6)7/h12-14,26-31,33-34,41-42,45-46H,10-11,15-24H2,1-9H3/b14-13+,25-12+. The first-order valence-electron chi connectivity index (χ1n) is 18.4. The minimum Gasteiger partial charge on any atom is -0.457 e. The Morgan fingerprint density at radius 2 is 1.84 bits per heavy atom. The van der Waals surface area contributed by atoms with Crippen LogP contribution in [0.4, 0.5) is 4.79 Å². The molecule has 4 N–H and O–H groups in total. The van der Waals surface area contributed by atoms with Crippen molar-refractivity contribution in [3.8, 4) is 0 Å². The normalized spacial score (nSPS) is 34.1. The molecule has 0 aliphatic carbocycles. The van der Waals surface area contributed by atoms with Crippen LogP contribution in [-0.4, -0.2) is 123 Å². The summed E-state index contributed by atoms with van der Waals surface area (Å²) >= 11 is 0. The maximum Gasteiger partial charge on any atom is 0.410 e. The molecule has 0 aromatic carbocycles. The number of rotatable bonds is 11. The average Bonchev–Trinajstić information content (AvgIpc) is 3.76. The van der Waals surface area contributed by atoms with Gasteiger partial charge >= 0.3 is 12.1 Å². The molecule has 11 nitrogen and oxygen atoms in total. The maximum absolute atomic E-state index is 13.3. The van der Waals surface area contributed by atoms with Gasteiger partial charge in [-0.1, -0.05) is 53.7 Å².